The quantitative estimate of drug-likeness (QED) is 0.228. The summed E-state index contributed by atoms with van der Waals surface area (Å²) in [7, 11) is 3.15. The fourth-order valence-electron chi connectivity index (χ4n) is 5.47. The van der Waals surface area contributed by atoms with E-state index in [9.17, 15) is 14.4 Å². The number of nitrogens with two attached hydrogens (primary N) is 1. The maximum atomic E-state index is 13.8. The number of carbonyl (C=O) groups excluding carboxylic acids is 3. The Bertz CT molecular complexity index is 1610. The summed E-state index contributed by atoms with van der Waals surface area (Å²) < 4.78 is 16.6. The first-order valence-electron chi connectivity index (χ1n) is 14.6. The number of nitrogens with one attached hydrogen (secondary N) is 1. The topological polar surface area (TPSA) is 120 Å². The van der Waals surface area contributed by atoms with Crippen LogP contribution in [-0.2, 0) is 16.0 Å². The summed E-state index contributed by atoms with van der Waals surface area (Å²) in [5.74, 6) is 1.25. The van der Waals surface area contributed by atoms with E-state index in [2.05, 4.69) is 18.3 Å². The molecule has 1 aliphatic carbocycles. The molecule has 9 nitrogen and oxygen atoms in total. The van der Waals surface area contributed by atoms with Gasteiger partial charge in [-0.15, -0.1) is 11.8 Å². The van der Waals surface area contributed by atoms with Crippen LogP contribution in [0.3, 0.4) is 0 Å². The number of rotatable bonds is 13. The molecule has 1 aliphatic heterocycles. The van der Waals surface area contributed by atoms with Gasteiger partial charge in [-0.2, -0.15) is 0 Å². The lowest BCUT2D eigenvalue weighted by molar-refractivity contribution is -0.124. The smallest absolute Gasteiger partial charge is 0.250 e. The van der Waals surface area contributed by atoms with Gasteiger partial charge in [-0.05, 0) is 73.4 Å². The molecule has 0 saturated carbocycles. The molecule has 1 heterocycles. The highest BCUT2D eigenvalue weighted by atomic mass is 35.5. The molecular formula is C34H36ClN3O6S. The Morgan fingerprint density at radius 3 is 2.44 bits per heavy atom. The third kappa shape index (κ3) is 7.57. The highest BCUT2D eigenvalue weighted by Gasteiger charge is 2.43. The van der Waals surface area contributed by atoms with Gasteiger partial charge < -0.3 is 25.3 Å². The zero-order valence-corrected chi connectivity index (χ0v) is 27.0. The fraction of sp³-hybridized carbons (Fsp3) is 0.324. The van der Waals surface area contributed by atoms with Crippen LogP contribution in [0, 0.1) is 5.92 Å². The maximum Gasteiger partial charge on any atom is 0.250 e. The van der Waals surface area contributed by atoms with Gasteiger partial charge in [0.25, 0.3) is 0 Å². The predicted octanol–water partition coefficient (Wildman–Crippen LogP) is 5.70. The standard InChI is InChI=1S/C34H36ClN3O6S/c1-20-14-22(15-20)19-44-25-8-5-23(6-9-25)34-38(24-7-10-27(35)26(17-24)32(36)40)33(41)30(45-34)18-31(39)37-13-12-21-4-11-28(42-2)29(16-21)43-3/h4-11,14,16-17,22,30,34H,12-13,15,18-19H2,1-3H3,(H2,36,40)(H,37,39). The van der Waals surface area contributed by atoms with Gasteiger partial charge >= 0.3 is 0 Å². The minimum absolute atomic E-state index is 0.00574. The molecule has 236 valence electrons. The molecule has 3 N–H and O–H groups in total. The molecule has 11 heteroatoms. The van der Waals surface area contributed by atoms with Gasteiger partial charge in [0.2, 0.25) is 17.7 Å². The van der Waals surface area contributed by atoms with Crippen LogP contribution in [0.25, 0.3) is 0 Å². The van der Waals surface area contributed by atoms with Crippen molar-refractivity contribution in [1.29, 1.82) is 0 Å². The first-order chi connectivity index (χ1) is 21.7. The Morgan fingerprint density at radius 1 is 1.04 bits per heavy atom. The van der Waals surface area contributed by atoms with E-state index in [1.807, 2.05) is 42.5 Å². The monoisotopic (exact) mass is 649 g/mol. The largest absolute Gasteiger partial charge is 0.493 e. The third-order valence-electron chi connectivity index (χ3n) is 7.82. The zero-order valence-electron chi connectivity index (χ0n) is 25.4. The molecule has 3 aromatic rings. The highest BCUT2D eigenvalue weighted by molar-refractivity contribution is 8.01. The molecule has 3 atom stereocenters. The van der Waals surface area contributed by atoms with Gasteiger partial charge in [0.15, 0.2) is 11.5 Å². The fourth-order valence-corrected chi connectivity index (χ4v) is 7.13. The van der Waals surface area contributed by atoms with Crippen LogP contribution >= 0.6 is 23.4 Å². The molecule has 45 heavy (non-hydrogen) atoms. The van der Waals surface area contributed by atoms with Crippen molar-refractivity contribution >= 4 is 46.8 Å². The molecule has 0 spiro atoms. The maximum absolute atomic E-state index is 13.8. The average Bonchev–Trinajstić information content (AvgIpc) is 3.34. The molecule has 3 amide bonds. The van der Waals surface area contributed by atoms with Crippen molar-refractivity contribution in [2.24, 2.45) is 11.7 Å². The van der Waals surface area contributed by atoms with Crippen LogP contribution in [0.5, 0.6) is 17.2 Å². The van der Waals surface area contributed by atoms with Crippen molar-refractivity contribution in [2.45, 2.75) is 36.8 Å². The molecule has 2 aliphatic rings. The van der Waals surface area contributed by atoms with Gasteiger partial charge in [-0.25, -0.2) is 0 Å². The number of halogens is 1. The van der Waals surface area contributed by atoms with Crippen molar-refractivity contribution in [3.05, 3.63) is 94.0 Å². The lowest BCUT2D eigenvalue weighted by Gasteiger charge is -2.25. The number of thioether (sulfide) groups is 1. The molecule has 3 aromatic carbocycles. The van der Waals surface area contributed by atoms with Crippen LogP contribution in [0.2, 0.25) is 5.02 Å². The molecule has 3 unspecified atom stereocenters. The third-order valence-corrected chi connectivity index (χ3v) is 9.59. The van der Waals surface area contributed by atoms with Gasteiger partial charge in [-0.3, -0.25) is 19.3 Å². The Hall–Kier alpha value is -4.15. The highest BCUT2D eigenvalue weighted by Crippen LogP contribution is 2.47. The van der Waals surface area contributed by atoms with Gasteiger partial charge in [0, 0.05) is 24.6 Å². The van der Waals surface area contributed by atoms with Crippen LogP contribution < -0.4 is 30.2 Å². The van der Waals surface area contributed by atoms with Crippen molar-refractivity contribution < 1.29 is 28.6 Å². The first-order valence-corrected chi connectivity index (χ1v) is 15.9. The summed E-state index contributed by atoms with van der Waals surface area (Å²) in [6.07, 6.45) is 3.84. The average molecular weight is 650 g/mol. The van der Waals surface area contributed by atoms with E-state index < -0.39 is 16.5 Å². The van der Waals surface area contributed by atoms with Gasteiger partial charge in [-0.1, -0.05) is 41.4 Å². The van der Waals surface area contributed by atoms with Crippen molar-refractivity contribution in [3.8, 4) is 17.2 Å². The van der Waals surface area contributed by atoms with Crippen LogP contribution in [0.4, 0.5) is 5.69 Å². The number of nitrogens with zero attached hydrogens (tertiary/aromatic N) is 1. The van der Waals surface area contributed by atoms with Crippen LogP contribution in [0.1, 0.15) is 46.6 Å². The van der Waals surface area contributed by atoms with E-state index in [0.717, 1.165) is 23.3 Å². The van der Waals surface area contributed by atoms with E-state index >= 15 is 0 Å². The summed E-state index contributed by atoms with van der Waals surface area (Å²) in [4.78, 5) is 40.5. The second kappa shape index (κ2) is 14.3. The molecule has 5 rings (SSSR count). The number of ether oxygens (including phenoxy) is 3. The number of primary amides is 1. The first kappa shape index (κ1) is 32.2. The molecular weight excluding hydrogens is 614 g/mol. The second-order valence-electron chi connectivity index (χ2n) is 11.1. The van der Waals surface area contributed by atoms with Crippen LogP contribution in [-0.4, -0.2) is 50.3 Å². The summed E-state index contributed by atoms with van der Waals surface area (Å²) in [6, 6.07) is 18.0. The molecule has 0 bridgehead atoms. The number of amides is 3. The lowest BCUT2D eigenvalue weighted by atomic mass is 9.88. The summed E-state index contributed by atoms with van der Waals surface area (Å²) in [6.45, 7) is 3.12. The number of allylic oxidation sites excluding steroid dienone is 1. The molecule has 0 radical (unpaired) electrons. The van der Waals surface area contributed by atoms with E-state index in [-0.39, 0.29) is 28.8 Å². The number of benzene rings is 3. The van der Waals surface area contributed by atoms with Gasteiger partial charge in [0.1, 0.15) is 11.1 Å². The zero-order chi connectivity index (χ0) is 32.1. The SMILES string of the molecule is COc1ccc(CCNC(=O)CC2SC(c3ccc(OCC4C=C(C)C4)cc3)N(c3ccc(Cl)c(C(N)=O)c3)C2=O)cc1OC. The van der Waals surface area contributed by atoms with E-state index in [1.54, 1.807) is 31.3 Å². The molecule has 1 saturated heterocycles. The molecule has 0 aromatic heterocycles. The predicted molar refractivity (Wildman–Crippen MR) is 176 cm³/mol. The summed E-state index contributed by atoms with van der Waals surface area (Å²) in [5, 5.41) is 2.04. The Labute approximate surface area is 272 Å². The number of hydrogen-bond acceptors (Lipinski definition) is 7. The summed E-state index contributed by atoms with van der Waals surface area (Å²) >= 11 is 7.59. The van der Waals surface area contributed by atoms with E-state index in [1.165, 1.54) is 23.4 Å². The number of hydrogen-bond donors (Lipinski definition) is 2. The van der Waals surface area contributed by atoms with Crippen LogP contribution in [0.15, 0.2) is 72.3 Å². The van der Waals surface area contributed by atoms with E-state index in [0.29, 0.717) is 42.7 Å². The second-order valence-corrected chi connectivity index (χ2v) is 12.8. The Morgan fingerprint density at radius 2 is 1.78 bits per heavy atom. The Kier molecular flexibility index (Phi) is 10.2. The lowest BCUT2D eigenvalue weighted by Crippen LogP contribution is -2.34. The normalized spacial score (nSPS) is 19.0. The van der Waals surface area contributed by atoms with Crippen molar-refractivity contribution in [2.75, 3.05) is 32.3 Å². The summed E-state index contributed by atoms with van der Waals surface area (Å²) in [5.41, 5.74) is 9.35. The minimum atomic E-state index is -0.693. The molecule has 1 fully saturated rings. The number of carbonyl (C=O) groups is 3. The van der Waals surface area contributed by atoms with Crippen molar-refractivity contribution in [1.82, 2.24) is 5.32 Å². The van der Waals surface area contributed by atoms with E-state index in [4.69, 9.17) is 31.5 Å². The number of anilines is 1. The van der Waals surface area contributed by atoms with Crippen molar-refractivity contribution in [3.63, 3.8) is 0 Å². The minimum Gasteiger partial charge on any atom is -0.493 e. The number of methoxy groups -OCH3 is 2. The van der Waals surface area contributed by atoms with Gasteiger partial charge in [0.05, 0.1) is 36.7 Å². The Balaban J connectivity index is 1.29.